The molecule has 23 heavy (non-hydrogen) atoms. The van der Waals surface area contributed by atoms with Gasteiger partial charge in [0.1, 0.15) is 6.54 Å². The van der Waals surface area contributed by atoms with E-state index >= 15 is 0 Å². The zero-order chi connectivity index (χ0) is 16.2. The molecular formula is C16H23N5O2. The fourth-order valence-corrected chi connectivity index (χ4v) is 3.06. The monoisotopic (exact) mass is 317 g/mol. The molecular weight excluding hydrogens is 294 g/mol. The molecule has 2 heterocycles. The normalized spacial score (nSPS) is 15.7. The Bertz CT molecular complexity index is 670. The third-order valence-electron chi connectivity index (χ3n) is 4.19. The summed E-state index contributed by atoms with van der Waals surface area (Å²) in [6, 6.07) is 2.30. The molecule has 0 aromatic carbocycles. The minimum Gasteiger partial charge on any atom is -0.353 e. The molecule has 2 aromatic rings. The fraction of sp³-hybridized carbons (Fsp3) is 0.625. The SMILES string of the molecule is Cc1cc(C)n(Cc2nc(CC(=O)NC3CCCCC3)no2)n1. The third-order valence-corrected chi connectivity index (χ3v) is 4.19. The molecule has 7 heteroatoms. The van der Waals surface area contributed by atoms with Crippen LogP contribution in [0.3, 0.4) is 0 Å². The first kappa shape index (κ1) is 15.7. The minimum absolute atomic E-state index is 0.0321. The molecule has 3 rings (SSSR count). The van der Waals surface area contributed by atoms with Crippen molar-refractivity contribution in [2.75, 3.05) is 0 Å². The molecule has 1 fully saturated rings. The summed E-state index contributed by atoms with van der Waals surface area (Å²) in [7, 11) is 0. The van der Waals surface area contributed by atoms with E-state index in [2.05, 4.69) is 20.6 Å². The van der Waals surface area contributed by atoms with Crippen LogP contribution in [-0.2, 0) is 17.8 Å². The Morgan fingerprint density at radius 1 is 1.35 bits per heavy atom. The highest BCUT2D eigenvalue weighted by atomic mass is 16.5. The van der Waals surface area contributed by atoms with E-state index in [9.17, 15) is 4.79 Å². The van der Waals surface area contributed by atoms with Gasteiger partial charge in [0.25, 0.3) is 0 Å². The van der Waals surface area contributed by atoms with Gasteiger partial charge in [-0.25, -0.2) is 0 Å². The molecule has 0 atom stereocenters. The molecule has 1 aliphatic rings. The number of nitrogens with one attached hydrogen (secondary N) is 1. The van der Waals surface area contributed by atoms with Gasteiger partial charge in [-0.05, 0) is 32.8 Å². The zero-order valence-electron chi connectivity index (χ0n) is 13.7. The summed E-state index contributed by atoms with van der Waals surface area (Å²) in [5.41, 5.74) is 1.99. The van der Waals surface area contributed by atoms with Gasteiger partial charge in [-0.1, -0.05) is 24.4 Å². The number of hydrogen-bond donors (Lipinski definition) is 1. The van der Waals surface area contributed by atoms with Gasteiger partial charge in [0.05, 0.1) is 12.1 Å². The standard InChI is InChI=1S/C16H23N5O2/c1-11-8-12(2)21(19-11)10-16-18-14(20-23-16)9-15(22)17-13-6-4-3-5-7-13/h8,13H,3-7,9-10H2,1-2H3,(H,17,22). The van der Waals surface area contributed by atoms with E-state index in [0.717, 1.165) is 24.2 Å². The zero-order valence-corrected chi connectivity index (χ0v) is 13.7. The smallest absolute Gasteiger partial charge is 0.248 e. The second kappa shape index (κ2) is 6.93. The molecule has 0 unspecified atom stereocenters. The first-order valence-electron chi connectivity index (χ1n) is 8.22. The maximum absolute atomic E-state index is 12.1. The predicted octanol–water partition coefficient (Wildman–Crippen LogP) is 1.92. The Hall–Kier alpha value is -2.18. The lowest BCUT2D eigenvalue weighted by molar-refractivity contribution is -0.121. The lowest BCUT2D eigenvalue weighted by Crippen LogP contribution is -2.37. The van der Waals surface area contributed by atoms with E-state index in [0.29, 0.717) is 24.3 Å². The maximum atomic E-state index is 12.1. The van der Waals surface area contributed by atoms with Crippen molar-refractivity contribution >= 4 is 5.91 Å². The average Bonchev–Trinajstić information content (AvgIpc) is 3.07. The topological polar surface area (TPSA) is 85.8 Å². The molecule has 0 radical (unpaired) electrons. The summed E-state index contributed by atoms with van der Waals surface area (Å²) >= 11 is 0. The molecule has 124 valence electrons. The molecule has 1 amide bonds. The van der Waals surface area contributed by atoms with Crippen molar-refractivity contribution < 1.29 is 9.32 Å². The van der Waals surface area contributed by atoms with Crippen molar-refractivity contribution in [3.63, 3.8) is 0 Å². The Kier molecular flexibility index (Phi) is 4.73. The van der Waals surface area contributed by atoms with Crippen LogP contribution in [0, 0.1) is 13.8 Å². The number of rotatable bonds is 5. The Labute approximate surface area is 135 Å². The van der Waals surface area contributed by atoms with Gasteiger partial charge in [0.15, 0.2) is 5.82 Å². The number of nitrogens with zero attached hydrogens (tertiary/aromatic N) is 4. The number of aryl methyl sites for hydroxylation is 2. The van der Waals surface area contributed by atoms with Crippen molar-refractivity contribution in [1.29, 1.82) is 0 Å². The molecule has 0 spiro atoms. The summed E-state index contributed by atoms with van der Waals surface area (Å²) in [5, 5.41) is 11.3. The Morgan fingerprint density at radius 2 is 2.13 bits per heavy atom. The number of carbonyl (C=O) groups excluding carboxylic acids is 1. The van der Waals surface area contributed by atoms with E-state index < -0.39 is 0 Å². The number of amides is 1. The molecule has 0 bridgehead atoms. The van der Waals surface area contributed by atoms with Gasteiger partial charge in [-0.3, -0.25) is 9.48 Å². The second-order valence-electron chi connectivity index (χ2n) is 6.27. The van der Waals surface area contributed by atoms with E-state index in [-0.39, 0.29) is 12.3 Å². The van der Waals surface area contributed by atoms with Crippen LogP contribution in [0.5, 0.6) is 0 Å². The highest BCUT2D eigenvalue weighted by molar-refractivity contribution is 5.78. The fourth-order valence-electron chi connectivity index (χ4n) is 3.06. The van der Waals surface area contributed by atoms with Crippen molar-refractivity contribution in [1.82, 2.24) is 25.2 Å². The van der Waals surface area contributed by atoms with Crippen LogP contribution in [0.1, 0.15) is 55.2 Å². The van der Waals surface area contributed by atoms with Gasteiger partial charge in [-0.15, -0.1) is 0 Å². The number of aromatic nitrogens is 4. The van der Waals surface area contributed by atoms with Crippen LogP contribution in [-0.4, -0.2) is 31.9 Å². The molecule has 1 saturated carbocycles. The van der Waals surface area contributed by atoms with Gasteiger partial charge in [-0.2, -0.15) is 10.1 Å². The quantitative estimate of drug-likeness (QED) is 0.910. The Morgan fingerprint density at radius 3 is 2.83 bits per heavy atom. The summed E-state index contributed by atoms with van der Waals surface area (Å²) in [4.78, 5) is 16.3. The van der Waals surface area contributed by atoms with E-state index in [1.807, 2.05) is 24.6 Å². The summed E-state index contributed by atoms with van der Waals surface area (Å²) in [6.45, 7) is 4.35. The third kappa shape index (κ3) is 4.18. The molecule has 7 nitrogen and oxygen atoms in total. The van der Waals surface area contributed by atoms with Gasteiger partial charge in [0, 0.05) is 11.7 Å². The lowest BCUT2D eigenvalue weighted by atomic mass is 9.95. The first-order valence-corrected chi connectivity index (χ1v) is 8.22. The van der Waals surface area contributed by atoms with Gasteiger partial charge < -0.3 is 9.84 Å². The highest BCUT2D eigenvalue weighted by Crippen LogP contribution is 2.17. The predicted molar refractivity (Wildman–Crippen MR) is 83.8 cm³/mol. The summed E-state index contributed by atoms with van der Waals surface area (Å²) in [6.07, 6.45) is 5.96. The van der Waals surface area contributed by atoms with Gasteiger partial charge >= 0.3 is 0 Å². The molecule has 1 N–H and O–H groups in total. The van der Waals surface area contributed by atoms with Crippen LogP contribution in [0.15, 0.2) is 10.6 Å². The van der Waals surface area contributed by atoms with Crippen LogP contribution >= 0.6 is 0 Å². The molecule has 1 aliphatic carbocycles. The van der Waals surface area contributed by atoms with E-state index in [1.54, 1.807) is 0 Å². The Balaban J connectivity index is 1.54. The van der Waals surface area contributed by atoms with Crippen molar-refractivity contribution in [3.05, 3.63) is 29.2 Å². The summed E-state index contributed by atoms with van der Waals surface area (Å²) in [5.74, 6) is 0.863. The molecule has 0 saturated heterocycles. The summed E-state index contributed by atoms with van der Waals surface area (Å²) < 4.78 is 7.04. The lowest BCUT2D eigenvalue weighted by Gasteiger charge is -2.22. The highest BCUT2D eigenvalue weighted by Gasteiger charge is 2.18. The second-order valence-corrected chi connectivity index (χ2v) is 6.27. The van der Waals surface area contributed by atoms with Crippen LogP contribution in [0.2, 0.25) is 0 Å². The van der Waals surface area contributed by atoms with Crippen LogP contribution < -0.4 is 5.32 Å². The maximum Gasteiger partial charge on any atom is 0.248 e. The molecule has 0 aliphatic heterocycles. The van der Waals surface area contributed by atoms with Crippen LogP contribution in [0.4, 0.5) is 0 Å². The van der Waals surface area contributed by atoms with Gasteiger partial charge in [0.2, 0.25) is 11.8 Å². The van der Waals surface area contributed by atoms with Crippen LogP contribution in [0.25, 0.3) is 0 Å². The van der Waals surface area contributed by atoms with Crippen molar-refractivity contribution in [2.24, 2.45) is 0 Å². The first-order chi connectivity index (χ1) is 11.1. The largest absolute Gasteiger partial charge is 0.353 e. The minimum atomic E-state index is -0.0321. The van der Waals surface area contributed by atoms with Crippen molar-refractivity contribution in [2.45, 2.75) is 65.0 Å². The van der Waals surface area contributed by atoms with Crippen molar-refractivity contribution in [3.8, 4) is 0 Å². The number of carbonyl (C=O) groups is 1. The van der Waals surface area contributed by atoms with E-state index in [1.165, 1.54) is 19.3 Å². The number of hydrogen-bond acceptors (Lipinski definition) is 5. The average molecular weight is 317 g/mol. The molecule has 2 aromatic heterocycles. The van der Waals surface area contributed by atoms with E-state index in [4.69, 9.17) is 4.52 Å².